The Morgan fingerprint density at radius 1 is 1.54 bits per heavy atom. The van der Waals surface area contributed by atoms with Gasteiger partial charge in [0.1, 0.15) is 0 Å². The van der Waals surface area contributed by atoms with Crippen LogP contribution in [0.1, 0.15) is 12.1 Å². The summed E-state index contributed by atoms with van der Waals surface area (Å²) in [4.78, 5) is 10.6. The highest BCUT2D eigenvalue weighted by molar-refractivity contribution is 4.95. The van der Waals surface area contributed by atoms with Gasteiger partial charge in [0, 0.05) is 44.3 Å². The van der Waals surface area contributed by atoms with Crippen LogP contribution in [0.3, 0.4) is 0 Å². The lowest BCUT2D eigenvalue weighted by molar-refractivity contribution is 0.322. The molecular formula is C9H14N4. The Labute approximate surface area is 77.8 Å². The van der Waals surface area contributed by atoms with Crippen LogP contribution < -0.4 is 5.73 Å². The van der Waals surface area contributed by atoms with Crippen molar-refractivity contribution in [2.45, 2.75) is 19.0 Å². The number of rotatable bonds is 2. The highest BCUT2D eigenvalue weighted by atomic mass is 15.2. The summed E-state index contributed by atoms with van der Waals surface area (Å²) in [5.41, 5.74) is 6.83. The Bertz CT molecular complexity index is 262. The third-order valence-electron chi connectivity index (χ3n) is 2.31. The summed E-state index contributed by atoms with van der Waals surface area (Å²) >= 11 is 0. The third kappa shape index (κ3) is 2.23. The predicted molar refractivity (Wildman–Crippen MR) is 49.9 cm³/mol. The van der Waals surface area contributed by atoms with E-state index in [1.165, 1.54) is 0 Å². The smallest absolute Gasteiger partial charge is 0.0726 e. The molecule has 2 N–H and O–H groups in total. The first-order valence-corrected chi connectivity index (χ1v) is 4.57. The highest BCUT2D eigenvalue weighted by Gasteiger charge is 2.18. The van der Waals surface area contributed by atoms with E-state index in [1.807, 2.05) is 6.20 Å². The fourth-order valence-electron chi connectivity index (χ4n) is 1.65. The van der Waals surface area contributed by atoms with Gasteiger partial charge in [0.25, 0.3) is 0 Å². The average Bonchev–Trinajstić information content (AvgIpc) is 2.53. The van der Waals surface area contributed by atoms with Gasteiger partial charge in [0.05, 0.1) is 5.69 Å². The summed E-state index contributed by atoms with van der Waals surface area (Å²) in [6.45, 7) is 2.94. The molecule has 0 saturated carbocycles. The van der Waals surface area contributed by atoms with E-state index < -0.39 is 0 Å². The number of hydrogen-bond acceptors (Lipinski definition) is 4. The first-order chi connectivity index (χ1) is 6.34. The second kappa shape index (κ2) is 3.81. The molecule has 0 amide bonds. The molecule has 0 spiro atoms. The summed E-state index contributed by atoms with van der Waals surface area (Å²) in [5.74, 6) is 0. The van der Waals surface area contributed by atoms with Crippen molar-refractivity contribution in [1.82, 2.24) is 14.9 Å². The molecule has 70 valence electrons. The van der Waals surface area contributed by atoms with Crippen LogP contribution in [-0.4, -0.2) is 34.0 Å². The van der Waals surface area contributed by atoms with Gasteiger partial charge < -0.3 is 5.73 Å². The van der Waals surface area contributed by atoms with Crippen LogP contribution in [0.4, 0.5) is 0 Å². The Hall–Kier alpha value is -1.00. The first-order valence-electron chi connectivity index (χ1n) is 4.57. The minimum atomic E-state index is 0.344. The van der Waals surface area contributed by atoms with Crippen molar-refractivity contribution in [1.29, 1.82) is 0 Å². The minimum Gasteiger partial charge on any atom is -0.326 e. The van der Waals surface area contributed by atoms with Crippen molar-refractivity contribution in [2.24, 2.45) is 5.73 Å². The molecule has 1 aliphatic heterocycles. The maximum atomic E-state index is 5.80. The lowest BCUT2D eigenvalue weighted by atomic mass is 10.3. The van der Waals surface area contributed by atoms with Crippen molar-refractivity contribution in [3.8, 4) is 0 Å². The van der Waals surface area contributed by atoms with Gasteiger partial charge in [-0.1, -0.05) is 0 Å². The summed E-state index contributed by atoms with van der Waals surface area (Å²) in [7, 11) is 0. The number of aromatic nitrogens is 2. The van der Waals surface area contributed by atoms with Crippen molar-refractivity contribution >= 4 is 0 Å². The summed E-state index contributed by atoms with van der Waals surface area (Å²) in [5, 5.41) is 0. The fraction of sp³-hybridized carbons (Fsp3) is 0.556. The van der Waals surface area contributed by atoms with Crippen molar-refractivity contribution < 1.29 is 0 Å². The average molecular weight is 178 g/mol. The summed E-state index contributed by atoms with van der Waals surface area (Å²) in [6, 6.07) is 0.344. The molecule has 1 atom stereocenters. The van der Waals surface area contributed by atoms with Crippen molar-refractivity contribution in [3.63, 3.8) is 0 Å². The molecule has 0 aliphatic carbocycles. The van der Waals surface area contributed by atoms with Gasteiger partial charge in [-0.2, -0.15) is 0 Å². The largest absolute Gasteiger partial charge is 0.326 e. The second-order valence-electron chi connectivity index (χ2n) is 3.48. The van der Waals surface area contributed by atoms with E-state index >= 15 is 0 Å². The maximum Gasteiger partial charge on any atom is 0.0726 e. The Morgan fingerprint density at radius 3 is 3.08 bits per heavy atom. The third-order valence-corrected chi connectivity index (χ3v) is 2.31. The van der Waals surface area contributed by atoms with Crippen molar-refractivity contribution in [2.75, 3.05) is 13.1 Å². The van der Waals surface area contributed by atoms with Crippen LogP contribution in [0.15, 0.2) is 18.6 Å². The molecule has 0 aromatic carbocycles. The van der Waals surface area contributed by atoms with Gasteiger partial charge >= 0.3 is 0 Å². The number of likely N-dealkylation sites (tertiary alicyclic amines) is 1. The van der Waals surface area contributed by atoms with Gasteiger partial charge in [-0.25, -0.2) is 0 Å². The van der Waals surface area contributed by atoms with Gasteiger partial charge in [-0.15, -0.1) is 0 Å². The standard InChI is InChI=1S/C9H14N4/c10-8-1-4-13(6-8)7-9-5-11-2-3-12-9/h2-3,5,8H,1,4,6-7,10H2. The van der Waals surface area contributed by atoms with Crippen LogP contribution in [0.25, 0.3) is 0 Å². The molecule has 2 rings (SSSR count). The normalized spacial score (nSPS) is 23.6. The quantitative estimate of drug-likeness (QED) is 0.693. The lowest BCUT2D eigenvalue weighted by Gasteiger charge is -2.13. The van der Waals surface area contributed by atoms with E-state index in [2.05, 4.69) is 14.9 Å². The van der Waals surface area contributed by atoms with Crippen LogP contribution in [-0.2, 0) is 6.54 Å². The van der Waals surface area contributed by atoms with E-state index in [4.69, 9.17) is 5.73 Å². The zero-order valence-electron chi connectivity index (χ0n) is 7.56. The Kier molecular flexibility index (Phi) is 2.52. The molecular weight excluding hydrogens is 164 g/mol. The molecule has 1 unspecified atom stereocenters. The van der Waals surface area contributed by atoms with Gasteiger partial charge in [0.15, 0.2) is 0 Å². The molecule has 0 bridgehead atoms. The summed E-state index contributed by atoms with van der Waals surface area (Å²) < 4.78 is 0. The van der Waals surface area contributed by atoms with Crippen molar-refractivity contribution in [3.05, 3.63) is 24.3 Å². The number of nitrogens with zero attached hydrogens (tertiary/aromatic N) is 3. The Morgan fingerprint density at radius 2 is 2.46 bits per heavy atom. The fourth-order valence-corrected chi connectivity index (χ4v) is 1.65. The molecule has 1 aromatic heterocycles. The zero-order chi connectivity index (χ0) is 9.10. The maximum absolute atomic E-state index is 5.80. The molecule has 2 heterocycles. The van der Waals surface area contributed by atoms with Gasteiger partial charge in [-0.05, 0) is 6.42 Å². The van der Waals surface area contributed by atoms with Crippen LogP contribution in [0, 0.1) is 0 Å². The molecule has 1 saturated heterocycles. The van der Waals surface area contributed by atoms with E-state index in [0.717, 1.165) is 31.7 Å². The van der Waals surface area contributed by atoms with Gasteiger partial charge in [-0.3, -0.25) is 14.9 Å². The number of hydrogen-bond donors (Lipinski definition) is 1. The minimum absolute atomic E-state index is 0.344. The SMILES string of the molecule is NC1CCN(Cc2cnccn2)C1. The monoisotopic (exact) mass is 178 g/mol. The predicted octanol–water partition coefficient (Wildman–Crippen LogP) is 0.00960. The zero-order valence-corrected chi connectivity index (χ0v) is 7.56. The molecule has 4 nitrogen and oxygen atoms in total. The van der Waals surface area contributed by atoms with Crippen LogP contribution >= 0.6 is 0 Å². The topological polar surface area (TPSA) is 55.0 Å². The first kappa shape index (κ1) is 8.59. The second-order valence-corrected chi connectivity index (χ2v) is 3.48. The van der Waals surface area contributed by atoms with E-state index in [1.54, 1.807) is 12.4 Å². The Balaban J connectivity index is 1.92. The molecule has 4 heteroatoms. The highest BCUT2D eigenvalue weighted by Crippen LogP contribution is 2.09. The van der Waals surface area contributed by atoms with Gasteiger partial charge in [0.2, 0.25) is 0 Å². The molecule has 13 heavy (non-hydrogen) atoms. The van der Waals surface area contributed by atoms with E-state index in [-0.39, 0.29) is 0 Å². The number of nitrogens with two attached hydrogens (primary N) is 1. The van der Waals surface area contributed by atoms with E-state index in [9.17, 15) is 0 Å². The van der Waals surface area contributed by atoms with Crippen LogP contribution in [0.2, 0.25) is 0 Å². The van der Waals surface area contributed by atoms with E-state index in [0.29, 0.717) is 6.04 Å². The molecule has 0 radical (unpaired) electrons. The molecule has 1 aliphatic rings. The molecule has 1 aromatic rings. The molecule has 1 fully saturated rings. The summed E-state index contributed by atoms with van der Waals surface area (Å²) in [6.07, 6.45) is 6.33. The van der Waals surface area contributed by atoms with Crippen LogP contribution in [0.5, 0.6) is 0 Å². The lowest BCUT2D eigenvalue weighted by Crippen LogP contribution is -2.26.